The number of ether oxygens (including phenoxy) is 1. The van der Waals surface area contributed by atoms with E-state index in [1.807, 2.05) is 26.8 Å². The van der Waals surface area contributed by atoms with Gasteiger partial charge in [0.15, 0.2) is 17.0 Å². The third kappa shape index (κ3) is 4.84. The number of aryl methyl sites for hydroxylation is 3. The number of carbonyl (C=O) groups is 1. The number of imidazole rings is 1. The van der Waals surface area contributed by atoms with E-state index in [0.29, 0.717) is 17.8 Å². The topological polar surface area (TPSA) is 122 Å². The summed E-state index contributed by atoms with van der Waals surface area (Å²) in [6.07, 6.45) is 0.415. The van der Waals surface area contributed by atoms with Crippen LogP contribution in [0.4, 0.5) is 10.2 Å². The molecular formula is C21H29FN6O2. The third-order valence-corrected chi connectivity index (χ3v) is 4.72. The highest BCUT2D eigenvalue weighted by Gasteiger charge is 2.19. The number of benzene rings is 1. The molecule has 0 aliphatic heterocycles. The zero-order valence-electron chi connectivity index (χ0n) is 18.1. The largest absolute Gasteiger partial charge is 0.496 e. The van der Waals surface area contributed by atoms with Crippen molar-refractivity contribution in [3.8, 4) is 5.75 Å². The van der Waals surface area contributed by atoms with Crippen LogP contribution in [0.5, 0.6) is 5.75 Å². The van der Waals surface area contributed by atoms with E-state index in [-0.39, 0.29) is 24.4 Å². The minimum Gasteiger partial charge on any atom is -0.496 e. The molecule has 0 unspecified atom stereocenters. The predicted octanol–water partition coefficient (Wildman–Crippen LogP) is 2.92. The zero-order chi connectivity index (χ0) is 22.4. The zero-order valence-corrected chi connectivity index (χ0v) is 18.1. The van der Waals surface area contributed by atoms with Crippen LogP contribution in [0, 0.1) is 13.0 Å². The molecule has 162 valence electrons. The molecule has 1 amide bonds. The molecule has 0 fully saturated rings. The molecule has 0 spiro atoms. The van der Waals surface area contributed by atoms with Gasteiger partial charge in [-0.15, -0.1) is 0 Å². The smallest absolute Gasteiger partial charge is 0.312 e. The van der Waals surface area contributed by atoms with Crippen molar-refractivity contribution in [1.82, 2.24) is 19.5 Å². The molecule has 1 aromatic carbocycles. The lowest BCUT2D eigenvalue weighted by molar-refractivity contribution is -0.118. The molecule has 0 saturated heterocycles. The van der Waals surface area contributed by atoms with Crippen LogP contribution in [0.1, 0.15) is 49.7 Å². The number of primary amides is 1. The van der Waals surface area contributed by atoms with Crippen molar-refractivity contribution in [2.45, 2.75) is 53.5 Å². The van der Waals surface area contributed by atoms with Gasteiger partial charge in [0, 0.05) is 19.4 Å². The van der Waals surface area contributed by atoms with E-state index in [4.69, 9.17) is 16.2 Å². The maximum absolute atomic E-state index is 13.7. The highest BCUT2D eigenvalue weighted by Crippen LogP contribution is 2.27. The molecule has 30 heavy (non-hydrogen) atoms. The molecule has 0 bridgehead atoms. The molecule has 0 atom stereocenters. The lowest BCUT2D eigenvalue weighted by Gasteiger charge is -2.13. The number of nitrogens with zero attached hydrogens (tertiary/aromatic N) is 4. The summed E-state index contributed by atoms with van der Waals surface area (Å²) < 4.78 is 20.9. The van der Waals surface area contributed by atoms with Gasteiger partial charge in [0.2, 0.25) is 5.91 Å². The standard InChI is InChI=1S/C19H23FN6O2.C2H6/c1-4-11-7-10(2)12(8-13(11)28-3)9-15-23-16-17(22)24-19(20)25-18(16)26(15)6-5-14(21)27;1-2/h7-8H,4-6,9H2,1-3H3,(H2,21,27)(H2,22,24,25);1-2H3. The predicted molar refractivity (Wildman–Crippen MR) is 115 cm³/mol. The lowest BCUT2D eigenvalue weighted by Crippen LogP contribution is -2.16. The van der Waals surface area contributed by atoms with E-state index in [1.165, 1.54) is 0 Å². The Kier molecular flexibility index (Phi) is 7.68. The Morgan fingerprint density at radius 3 is 2.50 bits per heavy atom. The highest BCUT2D eigenvalue weighted by molar-refractivity contribution is 5.82. The van der Waals surface area contributed by atoms with E-state index < -0.39 is 12.0 Å². The second kappa shape index (κ2) is 10.00. The maximum atomic E-state index is 13.7. The molecule has 3 rings (SSSR count). The first kappa shape index (κ1) is 23.1. The minimum absolute atomic E-state index is 0.0443. The molecule has 8 nitrogen and oxygen atoms in total. The Balaban J connectivity index is 0.00000155. The maximum Gasteiger partial charge on any atom is 0.312 e. The Morgan fingerprint density at radius 2 is 1.90 bits per heavy atom. The van der Waals surface area contributed by atoms with Gasteiger partial charge in [-0.3, -0.25) is 4.79 Å². The Bertz CT molecular complexity index is 1050. The van der Waals surface area contributed by atoms with Gasteiger partial charge < -0.3 is 20.8 Å². The number of anilines is 1. The average Bonchev–Trinajstić information content (AvgIpc) is 3.06. The first-order valence-electron chi connectivity index (χ1n) is 9.96. The summed E-state index contributed by atoms with van der Waals surface area (Å²) in [6, 6.07) is 4.06. The molecule has 9 heteroatoms. The average molecular weight is 417 g/mol. The normalized spacial score (nSPS) is 10.6. The number of fused-ring (bicyclic) bond motifs is 1. The summed E-state index contributed by atoms with van der Waals surface area (Å²) in [6.45, 7) is 8.30. The van der Waals surface area contributed by atoms with E-state index in [0.717, 1.165) is 28.9 Å². The summed E-state index contributed by atoms with van der Waals surface area (Å²) in [5.74, 6) is 0.878. The van der Waals surface area contributed by atoms with Crippen molar-refractivity contribution in [1.29, 1.82) is 0 Å². The molecule has 0 saturated carbocycles. The quantitative estimate of drug-likeness (QED) is 0.571. The van der Waals surface area contributed by atoms with Crippen molar-refractivity contribution in [2.75, 3.05) is 12.8 Å². The van der Waals surface area contributed by atoms with E-state index in [1.54, 1.807) is 11.7 Å². The lowest BCUT2D eigenvalue weighted by atomic mass is 10.00. The number of methoxy groups -OCH3 is 1. The number of hydrogen-bond donors (Lipinski definition) is 2. The van der Waals surface area contributed by atoms with Crippen molar-refractivity contribution < 1.29 is 13.9 Å². The minimum atomic E-state index is -0.943. The van der Waals surface area contributed by atoms with Crippen LogP contribution < -0.4 is 16.2 Å². The van der Waals surface area contributed by atoms with Crippen LogP contribution in [-0.2, 0) is 24.2 Å². The number of aromatic nitrogens is 4. The van der Waals surface area contributed by atoms with Gasteiger partial charge in [-0.1, -0.05) is 26.8 Å². The third-order valence-electron chi connectivity index (χ3n) is 4.72. The van der Waals surface area contributed by atoms with Crippen molar-refractivity contribution >= 4 is 22.9 Å². The number of amides is 1. The Hall–Kier alpha value is -3.23. The van der Waals surface area contributed by atoms with Gasteiger partial charge in [-0.2, -0.15) is 14.4 Å². The van der Waals surface area contributed by atoms with E-state index in [2.05, 4.69) is 27.9 Å². The summed E-state index contributed by atoms with van der Waals surface area (Å²) in [5.41, 5.74) is 14.9. The van der Waals surface area contributed by atoms with Crippen LogP contribution in [0.25, 0.3) is 11.2 Å². The fourth-order valence-corrected chi connectivity index (χ4v) is 3.25. The molecule has 2 heterocycles. The summed E-state index contributed by atoms with van der Waals surface area (Å²) in [7, 11) is 1.63. The first-order chi connectivity index (χ1) is 14.3. The second-order valence-corrected chi connectivity index (χ2v) is 6.57. The molecule has 0 aliphatic rings. The summed E-state index contributed by atoms with van der Waals surface area (Å²) in [4.78, 5) is 23.2. The van der Waals surface area contributed by atoms with Gasteiger partial charge in [0.1, 0.15) is 11.6 Å². The first-order valence-corrected chi connectivity index (χ1v) is 9.96. The number of hydrogen-bond acceptors (Lipinski definition) is 6. The van der Waals surface area contributed by atoms with Crippen LogP contribution in [-0.4, -0.2) is 32.5 Å². The Morgan fingerprint density at radius 1 is 1.20 bits per heavy atom. The molecule has 4 N–H and O–H groups in total. The van der Waals surface area contributed by atoms with E-state index >= 15 is 0 Å². The fourth-order valence-electron chi connectivity index (χ4n) is 3.25. The number of nitrogen functional groups attached to an aromatic ring is 1. The molecule has 0 aliphatic carbocycles. The molecule has 0 radical (unpaired) electrons. The molecular weight excluding hydrogens is 387 g/mol. The number of rotatable bonds is 7. The van der Waals surface area contributed by atoms with Gasteiger partial charge in [0.25, 0.3) is 0 Å². The van der Waals surface area contributed by atoms with Gasteiger partial charge in [-0.25, -0.2) is 4.98 Å². The van der Waals surface area contributed by atoms with Crippen LogP contribution in [0.2, 0.25) is 0 Å². The summed E-state index contributed by atoms with van der Waals surface area (Å²) in [5, 5.41) is 0. The summed E-state index contributed by atoms with van der Waals surface area (Å²) >= 11 is 0. The monoisotopic (exact) mass is 416 g/mol. The van der Waals surface area contributed by atoms with Crippen LogP contribution in [0.3, 0.4) is 0 Å². The SMILES string of the molecule is CC.CCc1cc(C)c(Cc2nc3c(N)nc(F)nc3n2CCC(N)=O)cc1OC. The molecule has 3 aromatic rings. The van der Waals surface area contributed by atoms with Crippen molar-refractivity contribution in [3.05, 3.63) is 40.7 Å². The van der Waals surface area contributed by atoms with Gasteiger partial charge >= 0.3 is 6.08 Å². The second-order valence-electron chi connectivity index (χ2n) is 6.57. The van der Waals surface area contributed by atoms with Crippen LogP contribution in [0.15, 0.2) is 12.1 Å². The fraction of sp³-hybridized carbons (Fsp3) is 0.429. The van der Waals surface area contributed by atoms with Crippen molar-refractivity contribution in [3.63, 3.8) is 0 Å². The highest BCUT2D eigenvalue weighted by atomic mass is 19.1. The van der Waals surface area contributed by atoms with Crippen molar-refractivity contribution in [2.24, 2.45) is 5.73 Å². The Labute approximate surface area is 175 Å². The van der Waals surface area contributed by atoms with Gasteiger partial charge in [-0.05, 0) is 36.1 Å². The van der Waals surface area contributed by atoms with Gasteiger partial charge in [0.05, 0.1) is 7.11 Å². The van der Waals surface area contributed by atoms with E-state index in [9.17, 15) is 9.18 Å². The molecule has 2 aromatic heterocycles. The number of carbonyl (C=O) groups excluding carboxylic acids is 1. The number of halogens is 1. The number of nitrogens with two attached hydrogens (primary N) is 2. The van der Waals surface area contributed by atoms with Crippen LogP contribution >= 0.6 is 0 Å².